The summed E-state index contributed by atoms with van der Waals surface area (Å²) in [6, 6.07) is 7.67. The number of benzene rings is 1. The van der Waals surface area contributed by atoms with E-state index in [2.05, 4.69) is 4.98 Å². The predicted octanol–water partition coefficient (Wildman–Crippen LogP) is 2.32. The van der Waals surface area contributed by atoms with Gasteiger partial charge in [0, 0.05) is 12.1 Å². The first-order valence-electron chi connectivity index (χ1n) is 8.34. The molecule has 0 amide bonds. The summed E-state index contributed by atoms with van der Waals surface area (Å²) in [5.41, 5.74) is -1.06. The quantitative estimate of drug-likeness (QED) is 0.762. The van der Waals surface area contributed by atoms with Crippen LogP contribution in [0.1, 0.15) is 5.69 Å². The normalized spacial score (nSPS) is 17.8. The molecule has 0 saturated carbocycles. The summed E-state index contributed by atoms with van der Waals surface area (Å²) >= 11 is 0. The highest BCUT2D eigenvalue weighted by Crippen LogP contribution is 2.34. The molecule has 1 fully saturated rings. The molecule has 0 aliphatic carbocycles. The summed E-state index contributed by atoms with van der Waals surface area (Å²) in [5, 5.41) is 0. The fourth-order valence-electron chi connectivity index (χ4n) is 2.81. The Labute approximate surface area is 158 Å². The maximum Gasteiger partial charge on any atom is 0.433 e. The second kappa shape index (κ2) is 6.82. The van der Waals surface area contributed by atoms with Gasteiger partial charge in [-0.05, 0) is 18.2 Å². The van der Waals surface area contributed by atoms with Crippen molar-refractivity contribution >= 4 is 10.0 Å². The average molecular weight is 416 g/mol. The molecule has 0 atom stereocenters. The number of nitrogens with zero attached hydrogens (tertiary/aromatic N) is 2. The zero-order valence-electron chi connectivity index (χ0n) is 14.3. The molecule has 3 heterocycles. The molecule has 0 N–H and O–H groups in total. The number of hydrogen-bond donors (Lipinski definition) is 0. The maximum absolute atomic E-state index is 12.7. The van der Waals surface area contributed by atoms with Crippen LogP contribution in [0, 0.1) is 0 Å². The van der Waals surface area contributed by atoms with Gasteiger partial charge in [-0.3, -0.25) is 0 Å². The second-order valence-corrected chi connectivity index (χ2v) is 8.16. The molecule has 0 spiro atoms. The molecule has 1 saturated heterocycles. The number of sulfonamides is 1. The zero-order valence-corrected chi connectivity index (χ0v) is 15.2. The Hall–Kier alpha value is -2.53. The Bertz CT molecular complexity index is 991. The first kappa shape index (κ1) is 18.8. The van der Waals surface area contributed by atoms with Crippen LogP contribution in [-0.2, 0) is 16.2 Å². The minimum atomic E-state index is -4.58. The van der Waals surface area contributed by atoms with Gasteiger partial charge in [0.15, 0.2) is 11.5 Å². The van der Waals surface area contributed by atoms with Crippen LogP contribution in [0.25, 0.3) is 0 Å². The van der Waals surface area contributed by atoms with Gasteiger partial charge in [-0.25, -0.2) is 13.4 Å². The van der Waals surface area contributed by atoms with Crippen LogP contribution in [0.15, 0.2) is 41.3 Å². The largest absolute Gasteiger partial charge is 0.486 e. The van der Waals surface area contributed by atoms with Gasteiger partial charge in [-0.2, -0.15) is 17.5 Å². The third-order valence-electron chi connectivity index (χ3n) is 4.27. The molecule has 2 aliphatic heterocycles. The van der Waals surface area contributed by atoms with Crippen molar-refractivity contribution in [2.24, 2.45) is 0 Å². The predicted molar refractivity (Wildman–Crippen MR) is 89.8 cm³/mol. The average Bonchev–Trinajstić information content (AvgIpc) is 2.63. The first-order valence-corrected chi connectivity index (χ1v) is 9.78. The van der Waals surface area contributed by atoms with E-state index in [0.29, 0.717) is 24.7 Å². The van der Waals surface area contributed by atoms with Crippen LogP contribution in [0.3, 0.4) is 0 Å². The third kappa shape index (κ3) is 3.59. The lowest BCUT2D eigenvalue weighted by atomic mass is 10.2. The highest BCUT2D eigenvalue weighted by Gasteiger charge is 2.39. The standard InChI is InChI=1S/C17H15F3N2O5S/c18-17(19,20)15-2-1-3-16(21-15)27-11-9-22(10-11)28(23,24)12-4-5-13-14(8-12)26-7-6-25-13/h1-5,8,11H,6-7,9-10H2. The lowest BCUT2D eigenvalue weighted by Gasteiger charge is -2.37. The van der Waals surface area contributed by atoms with Gasteiger partial charge in [0.05, 0.1) is 18.0 Å². The minimum Gasteiger partial charge on any atom is -0.486 e. The van der Waals surface area contributed by atoms with E-state index in [9.17, 15) is 21.6 Å². The summed E-state index contributed by atoms with van der Waals surface area (Å²) in [4.78, 5) is 3.46. The van der Waals surface area contributed by atoms with Crippen molar-refractivity contribution in [3.63, 3.8) is 0 Å². The number of ether oxygens (including phenoxy) is 3. The van der Waals surface area contributed by atoms with Gasteiger partial charge in [-0.1, -0.05) is 6.07 Å². The number of rotatable bonds is 4. The number of pyridine rings is 1. The SMILES string of the molecule is O=S(=O)(c1ccc2c(c1)OCCO2)N1CC(Oc2cccc(C(F)(F)F)n2)C1. The molecule has 1 aromatic carbocycles. The van der Waals surface area contributed by atoms with E-state index in [-0.39, 0.29) is 23.9 Å². The summed E-state index contributed by atoms with van der Waals surface area (Å²) in [5.74, 6) is 0.635. The summed E-state index contributed by atoms with van der Waals surface area (Å²) < 4.78 is 80.8. The van der Waals surface area contributed by atoms with E-state index < -0.39 is 28.0 Å². The fraction of sp³-hybridized carbons (Fsp3) is 0.353. The Kier molecular flexibility index (Phi) is 4.58. The van der Waals surface area contributed by atoms with Crippen LogP contribution < -0.4 is 14.2 Å². The minimum absolute atomic E-state index is 0.00863. The van der Waals surface area contributed by atoms with Crippen molar-refractivity contribution in [1.29, 1.82) is 0 Å². The van der Waals surface area contributed by atoms with Gasteiger partial charge >= 0.3 is 6.18 Å². The van der Waals surface area contributed by atoms with Gasteiger partial charge in [0.25, 0.3) is 0 Å². The van der Waals surface area contributed by atoms with Crippen LogP contribution in [-0.4, -0.2) is 50.1 Å². The molecule has 2 aliphatic rings. The Morgan fingerprint density at radius 3 is 2.50 bits per heavy atom. The Morgan fingerprint density at radius 1 is 1.07 bits per heavy atom. The molecule has 0 bridgehead atoms. The van der Waals surface area contributed by atoms with Crippen molar-refractivity contribution < 1.29 is 35.8 Å². The molecule has 1 aromatic heterocycles. The van der Waals surface area contributed by atoms with Crippen molar-refractivity contribution in [3.05, 3.63) is 42.1 Å². The van der Waals surface area contributed by atoms with E-state index in [1.165, 1.54) is 34.6 Å². The van der Waals surface area contributed by atoms with E-state index in [1.54, 1.807) is 0 Å². The highest BCUT2D eigenvalue weighted by molar-refractivity contribution is 7.89. The Balaban J connectivity index is 1.42. The van der Waals surface area contributed by atoms with Crippen molar-refractivity contribution in [2.45, 2.75) is 17.2 Å². The molecular weight excluding hydrogens is 401 g/mol. The monoisotopic (exact) mass is 416 g/mol. The molecule has 28 heavy (non-hydrogen) atoms. The molecule has 11 heteroatoms. The number of hydrogen-bond acceptors (Lipinski definition) is 6. The van der Waals surface area contributed by atoms with Crippen LogP contribution in [0.5, 0.6) is 17.4 Å². The number of alkyl halides is 3. The number of aromatic nitrogens is 1. The van der Waals surface area contributed by atoms with Crippen LogP contribution in [0.4, 0.5) is 13.2 Å². The van der Waals surface area contributed by atoms with E-state index in [1.807, 2.05) is 0 Å². The van der Waals surface area contributed by atoms with Gasteiger partial charge in [0.2, 0.25) is 15.9 Å². The molecule has 7 nitrogen and oxygen atoms in total. The van der Waals surface area contributed by atoms with Gasteiger partial charge in [-0.15, -0.1) is 0 Å². The molecular formula is C17H15F3N2O5S. The highest BCUT2D eigenvalue weighted by atomic mass is 32.2. The smallest absolute Gasteiger partial charge is 0.433 e. The van der Waals surface area contributed by atoms with Crippen LogP contribution >= 0.6 is 0 Å². The molecule has 150 valence electrons. The Morgan fingerprint density at radius 2 is 1.79 bits per heavy atom. The summed E-state index contributed by atoms with van der Waals surface area (Å²) in [7, 11) is -3.77. The zero-order chi connectivity index (χ0) is 19.9. The lowest BCUT2D eigenvalue weighted by molar-refractivity contribution is -0.141. The van der Waals surface area contributed by atoms with Gasteiger partial charge in [0.1, 0.15) is 25.0 Å². The number of fused-ring (bicyclic) bond motifs is 1. The fourth-order valence-corrected chi connectivity index (χ4v) is 4.33. The molecule has 2 aromatic rings. The van der Waals surface area contributed by atoms with Crippen LogP contribution in [0.2, 0.25) is 0 Å². The third-order valence-corrected chi connectivity index (χ3v) is 6.09. The lowest BCUT2D eigenvalue weighted by Crippen LogP contribution is -2.56. The summed E-state index contributed by atoms with van der Waals surface area (Å²) in [6.07, 6.45) is -5.16. The van der Waals surface area contributed by atoms with E-state index >= 15 is 0 Å². The maximum atomic E-state index is 12.7. The molecule has 0 radical (unpaired) electrons. The topological polar surface area (TPSA) is 78.0 Å². The van der Waals surface area contributed by atoms with Crippen molar-refractivity contribution in [2.75, 3.05) is 26.3 Å². The summed E-state index contributed by atoms with van der Waals surface area (Å²) in [6.45, 7) is 0.747. The van der Waals surface area contributed by atoms with Crippen molar-refractivity contribution in [3.8, 4) is 17.4 Å². The van der Waals surface area contributed by atoms with E-state index in [4.69, 9.17) is 14.2 Å². The van der Waals surface area contributed by atoms with Crippen molar-refractivity contribution in [1.82, 2.24) is 9.29 Å². The molecule has 0 unspecified atom stereocenters. The van der Waals surface area contributed by atoms with Gasteiger partial charge < -0.3 is 14.2 Å². The van der Waals surface area contributed by atoms with E-state index in [0.717, 1.165) is 6.07 Å². The molecule has 4 rings (SSSR count). The second-order valence-electron chi connectivity index (χ2n) is 6.23. The first-order chi connectivity index (χ1) is 13.2. The number of halogens is 3.